The van der Waals surface area contributed by atoms with E-state index in [0.717, 1.165) is 42.2 Å². The van der Waals surface area contributed by atoms with Crippen LogP contribution in [0.3, 0.4) is 0 Å². The number of rotatable bonds is 3. The van der Waals surface area contributed by atoms with Crippen LogP contribution in [0, 0.1) is 6.92 Å². The average molecular weight is 315 g/mol. The SMILES string of the molecule is Cc1csc(C(=O)N(C)C2CCCN(c3ccccn3)C2)c1. The highest BCUT2D eigenvalue weighted by atomic mass is 32.1. The van der Waals surface area contributed by atoms with Crippen LogP contribution >= 0.6 is 11.3 Å². The van der Waals surface area contributed by atoms with E-state index in [2.05, 4.69) is 9.88 Å². The Morgan fingerprint density at radius 1 is 1.45 bits per heavy atom. The number of hydrogen-bond acceptors (Lipinski definition) is 4. The number of carbonyl (C=O) groups excluding carboxylic acids is 1. The van der Waals surface area contributed by atoms with Crippen molar-refractivity contribution in [1.82, 2.24) is 9.88 Å². The zero-order chi connectivity index (χ0) is 15.5. The Hall–Kier alpha value is -1.88. The van der Waals surface area contributed by atoms with Gasteiger partial charge in [0.05, 0.1) is 4.88 Å². The van der Waals surface area contributed by atoms with Gasteiger partial charge in [0.15, 0.2) is 0 Å². The zero-order valence-electron chi connectivity index (χ0n) is 13.0. The van der Waals surface area contributed by atoms with E-state index >= 15 is 0 Å². The predicted octanol–water partition coefficient (Wildman–Crippen LogP) is 3.19. The van der Waals surface area contributed by atoms with Crippen molar-refractivity contribution in [3.05, 3.63) is 46.3 Å². The number of piperidine rings is 1. The molecule has 3 heterocycles. The molecule has 1 aliphatic heterocycles. The Labute approximate surface area is 135 Å². The second kappa shape index (κ2) is 6.48. The van der Waals surface area contributed by atoms with Gasteiger partial charge in [-0.3, -0.25) is 4.79 Å². The third-order valence-corrected chi connectivity index (χ3v) is 5.22. The molecule has 3 rings (SSSR count). The molecule has 0 saturated carbocycles. The van der Waals surface area contributed by atoms with Crippen molar-refractivity contribution in [3.8, 4) is 0 Å². The summed E-state index contributed by atoms with van der Waals surface area (Å²) in [5, 5.41) is 2.03. The first-order chi connectivity index (χ1) is 10.6. The molecule has 1 saturated heterocycles. The highest BCUT2D eigenvalue weighted by Gasteiger charge is 2.27. The van der Waals surface area contributed by atoms with Crippen LogP contribution in [0.4, 0.5) is 5.82 Å². The molecule has 1 fully saturated rings. The van der Waals surface area contributed by atoms with E-state index in [0.29, 0.717) is 0 Å². The highest BCUT2D eigenvalue weighted by molar-refractivity contribution is 7.12. The molecule has 0 aromatic carbocycles. The second-order valence-electron chi connectivity index (χ2n) is 5.83. The Kier molecular flexibility index (Phi) is 4.43. The number of likely N-dealkylation sites (N-methyl/N-ethyl adjacent to an activating group) is 1. The standard InChI is InChI=1S/C17H21N3OS/c1-13-10-15(22-12-13)17(21)19(2)14-6-5-9-20(11-14)16-7-3-4-8-18-16/h3-4,7-8,10,12,14H,5-6,9,11H2,1-2H3. The summed E-state index contributed by atoms with van der Waals surface area (Å²) < 4.78 is 0. The van der Waals surface area contributed by atoms with Gasteiger partial charge in [-0.2, -0.15) is 0 Å². The van der Waals surface area contributed by atoms with Crippen molar-refractivity contribution in [2.45, 2.75) is 25.8 Å². The molecule has 0 aliphatic carbocycles. The fourth-order valence-corrected chi connectivity index (χ4v) is 3.78. The molecule has 1 unspecified atom stereocenters. The fraction of sp³-hybridized carbons (Fsp3) is 0.412. The molecule has 1 aliphatic rings. The third-order valence-electron chi connectivity index (χ3n) is 4.18. The quantitative estimate of drug-likeness (QED) is 0.873. The molecule has 0 radical (unpaired) electrons. The van der Waals surface area contributed by atoms with Crippen LogP contribution in [0.2, 0.25) is 0 Å². The Morgan fingerprint density at radius 2 is 2.32 bits per heavy atom. The molecule has 1 amide bonds. The average Bonchev–Trinajstić information content (AvgIpc) is 3.01. The minimum Gasteiger partial charge on any atom is -0.355 e. The fourth-order valence-electron chi connectivity index (χ4n) is 2.90. The predicted molar refractivity (Wildman–Crippen MR) is 90.6 cm³/mol. The summed E-state index contributed by atoms with van der Waals surface area (Å²) in [5.74, 6) is 1.13. The monoisotopic (exact) mass is 315 g/mol. The van der Waals surface area contributed by atoms with E-state index in [1.165, 1.54) is 11.3 Å². The molecule has 0 bridgehead atoms. The van der Waals surface area contributed by atoms with Gasteiger partial charge < -0.3 is 9.80 Å². The largest absolute Gasteiger partial charge is 0.355 e. The smallest absolute Gasteiger partial charge is 0.263 e. The summed E-state index contributed by atoms with van der Waals surface area (Å²) in [6.07, 6.45) is 3.96. The minimum atomic E-state index is 0.131. The van der Waals surface area contributed by atoms with Gasteiger partial charge in [0, 0.05) is 32.4 Å². The van der Waals surface area contributed by atoms with Crippen LogP contribution in [0.5, 0.6) is 0 Å². The number of nitrogens with zero attached hydrogens (tertiary/aromatic N) is 3. The van der Waals surface area contributed by atoms with Gasteiger partial charge in [0.2, 0.25) is 0 Å². The molecule has 2 aromatic rings. The molecular formula is C17H21N3OS. The summed E-state index contributed by atoms with van der Waals surface area (Å²) in [4.78, 5) is 22.0. The first-order valence-corrected chi connectivity index (χ1v) is 8.51. The van der Waals surface area contributed by atoms with E-state index in [9.17, 15) is 4.79 Å². The third kappa shape index (κ3) is 3.14. The lowest BCUT2D eigenvalue weighted by molar-refractivity contribution is 0.0722. The number of thiophene rings is 1. The van der Waals surface area contributed by atoms with Crippen LogP contribution < -0.4 is 4.90 Å². The van der Waals surface area contributed by atoms with Crippen molar-refractivity contribution >= 4 is 23.1 Å². The summed E-state index contributed by atoms with van der Waals surface area (Å²) in [7, 11) is 1.92. The lowest BCUT2D eigenvalue weighted by Gasteiger charge is -2.38. The number of hydrogen-bond donors (Lipinski definition) is 0. The van der Waals surface area contributed by atoms with Crippen molar-refractivity contribution in [2.24, 2.45) is 0 Å². The molecular weight excluding hydrogens is 294 g/mol. The van der Waals surface area contributed by atoms with Crippen LogP contribution in [0.15, 0.2) is 35.8 Å². The molecule has 22 heavy (non-hydrogen) atoms. The van der Waals surface area contributed by atoms with Gasteiger partial charge in [-0.05, 0) is 48.9 Å². The van der Waals surface area contributed by atoms with Crippen molar-refractivity contribution in [1.29, 1.82) is 0 Å². The topological polar surface area (TPSA) is 36.4 Å². The number of pyridine rings is 1. The lowest BCUT2D eigenvalue weighted by atomic mass is 10.0. The zero-order valence-corrected chi connectivity index (χ0v) is 13.8. The van der Waals surface area contributed by atoms with E-state index in [1.54, 1.807) is 0 Å². The van der Waals surface area contributed by atoms with Crippen molar-refractivity contribution < 1.29 is 4.79 Å². The van der Waals surface area contributed by atoms with E-state index in [-0.39, 0.29) is 11.9 Å². The molecule has 5 heteroatoms. The first-order valence-electron chi connectivity index (χ1n) is 7.63. The maximum atomic E-state index is 12.6. The van der Waals surface area contributed by atoms with Crippen LogP contribution in [-0.4, -0.2) is 42.0 Å². The normalized spacial score (nSPS) is 18.3. The Bertz CT molecular complexity index is 640. The van der Waals surface area contributed by atoms with Crippen LogP contribution in [0.1, 0.15) is 28.1 Å². The van der Waals surface area contributed by atoms with Gasteiger partial charge in [0.1, 0.15) is 5.82 Å². The van der Waals surface area contributed by atoms with E-state index < -0.39 is 0 Å². The maximum Gasteiger partial charge on any atom is 0.263 e. The summed E-state index contributed by atoms with van der Waals surface area (Å²) in [5.41, 5.74) is 1.15. The summed E-state index contributed by atoms with van der Waals surface area (Å²) in [6, 6.07) is 8.19. The molecule has 0 spiro atoms. The molecule has 2 aromatic heterocycles. The van der Waals surface area contributed by atoms with Crippen LogP contribution in [0.25, 0.3) is 0 Å². The Balaban J connectivity index is 1.70. The van der Waals surface area contributed by atoms with Gasteiger partial charge in [-0.25, -0.2) is 4.98 Å². The second-order valence-corrected chi connectivity index (χ2v) is 6.75. The molecule has 0 N–H and O–H groups in total. The van der Waals surface area contributed by atoms with Crippen molar-refractivity contribution in [2.75, 3.05) is 25.0 Å². The van der Waals surface area contributed by atoms with Gasteiger partial charge in [-0.15, -0.1) is 11.3 Å². The van der Waals surface area contributed by atoms with Gasteiger partial charge in [0.25, 0.3) is 5.91 Å². The number of carbonyl (C=O) groups is 1. The molecule has 4 nitrogen and oxygen atoms in total. The molecule has 116 valence electrons. The summed E-state index contributed by atoms with van der Waals surface area (Å²) in [6.45, 7) is 3.88. The maximum absolute atomic E-state index is 12.6. The number of aromatic nitrogens is 1. The summed E-state index contributed by atoms with van der Waals surface area (Å²) >= 11 is 1.53. The van der Waals surface area contributed by atoms with E-state index in [1.807, 2.05) is 54.7 Å². The van der Waals surface area contributed by atoms with Gasteiger partial charge >= 0.3 is 0 Å². The number of aryl methyl sites for hydroxylation is 1. The van der Waals surface area contributed by atoms with E-state index in [4.69, 9.17) is 0 Å². The van der Waals surface area contributed by atoms with Crippen LogP contribution in [-0.2, 0) is 0 Å². The van der Waals surface area contributed by atoms with Gasteiger partial charge in [-0.1, -0.05) is 6.07 Å². The first kappa shape index (κ1) is 15.0. The molecule has 1 atom stereocenters. The van der Waals surface area contributed by atoms with Crippen molar-refractivity contribution in [3.63, 3.8) is 0 Å². The minimum absolute atomic E-state index is 0.131. The lowest BCUT2D eigenvalue weighted by Crippen LogP contribution is -2.48. The Morgan fingerprint density at radius 3 is 3.00 bits per heavy atom. The number of amides is 1. The highest BCUT2D eigenvalue weighted by Crippen LogP contribution is 2.23. The number of anilines is 1.